The zero-order chi connectivity index (χ0) is 17.9. The van der Waals surface area contributed by atoms with Gasteiger partial charge in [0, 0.05) is 40.4 Å². The summed E-state index contributed by atoms with van der Waals surface area (Å²) >= 11 is 0. The van der Waals surface area contributed by atoms with Crippen molar-refractivity contribution in [3.8, 4) is 0 Å². The molecule has 1 aromatic rings. The van der Waals surface area contributed by atoms with Crippen LogP contribution in [0.1, 0.15) is 44.1 Å². The molecule has 1 aromatic heterocycles. The van der Waals surface area contributed by atoms with Gasteiger partial charge in [0.05, 0.1) is 12.7 Å². The first kappa shape index (κ1) is 19.5. The van der Waals surface area contributed by atoms with Crippen LogP contribution in [0.4, 0.5) is 5.82 Å². The third-order valence-electron chi connectivity index (χ3n) is 4.50. The van der Waals surface area contributed by atoms with Crippen molar-refractivity contribution >= 4 is 11.8 Å². The number of pyridine rings is 1. The molecule has 25 heavy (non-hydrogen) atoms. The lowest BCUT2D eigenvalue weighted by atomic mass is 10.1. The Labute approximate surface area is 152 Å². The minimum Gasteiger partial charge on any atom is -0.376 e. The van der Waals surface area contributed by atoms with E-state index in [1.54, 1.807) is 7.05 Å². The van der Waals surface area contributed by atoms with Crippen molar-refractivity contribution in [2.75, 3.05) is 39.2 Å². The summed E-state index contributed by atoms with van der Waals surface area (Å²) in [6.45, 7) is 2.22. The lowest BCUT2D eigenvalue weighted by Gasteiger charge is -2.17. The van der Waals surface area contributed by atoms with Gasteiger partial charge >= 0.3 is 0 Å². The number of nitrogens with one attached hydrogen (secondary N) is 2. The second kappa shape index (κ2) is 10.9. The largest absolute Gasteiger partial charge is 0.376 e. The van der Waals surface area contributed by atoms with E-state index in [1.165, 1.54) is 44.1 Å². The molecule has 6 heteroatoms. The molecule has 1 heterocycles. The average molecular weight is 348 g/mol. The van der Waals surface area contributed by atoms with Crippen LogP contribution in [0.25, 0.3) is 0 Å². The van der Waals surface area contributed by atoms with Crippen molar-refractivity contribution in [1.29, 1.82) is 0 Å². The van der Waals surface area contributed by atoms with E-state index in [-0.39, 0.29) is 0 Å². The highest BCUT2D eigenvalue weighted by Crippen LogP contribution is 2.19. The first-order valence-corrected chi connectivity index (χ1v) is 9.37. The van der Waals surface area contributed by atoms with Crippen molar-refractivity contribution in [3.63, 3.8) is 0 Å². The van der Waals surface area contributed by atoms with Crippen LogP contribution in [0.2, 0.25) is 0 Å². The van der Waals surface area contributed by atoms with Crippen molar-refractivity contribution in [2.24, 2.45) is 4.99 Å². The SMILES string of the molecule is CN=C(NCCOC1CCCCCC1)NCc1ccnc(N(C)C)c1. The molecule has 0 atom stereocenters. The lowest BCUT2D eigenvalue weighted by molar-refractivity contribution is 0.0468. The minimum atomic E-state index is 0.445. The second-order valence-corrected chi connectivity index (χ2v) is 6.75. The Morgan fingerprint density at radius 3 is 2.68 bits per heavy atom. The van der Waals surface area contributed by atoms with E-state index in [0.717, 1.165) is 24.9 Å². The average Bonchev–Trinajstić information content (AvgIpc) is 2.90. The minimum absolute atomic E-state index is 0.445. The van der Waals surface area contributed by atoms with E-state index >= 15 is 0 Å². The van der Waals surface area contributed by atoms with Gasteiger partial charge in [0.25, 0.3) is 0 Å². The molecule has 0 spiro atoms. The Kier molecular flexibility index (Phi) is 8.52. The highest BCUT2D eigenvalue weighted by Gasteiger charge is 2.12. The maximum atomic E-state index is 6.00. The van der Waals surface area contributed by atoms with Crippen molar-refractivity contribution in [2.45, 2.75) is 51.2 Å². The maximum absolute atomic E-state index is 6.00. The number of rotatable bonds is 7. The zero-order valence-electron chi connectivity index (χ0n) is 15.9. The smallest absolute Gasteiger partial charge is 0.191 e. The van der Waals surface area contributed by atoms with Crippen molar-refractivity contribution < 1.29 is 4.74 Å². The fourth-order valence-electron chi connectivity index (χ4n) is 3.03. The standard InChI is InChI=1S/C19H33N5O/c1-20-19(22-12-13-25-17-8-6-4-5-7-9-17)23-15-16-10-11-21-18(14-16)24(2)3/h10-11,14,17H,4-9,12-13,15H2,1-3H3,(H2,20,22,23). The summed E-state index contributed by atoms with van der Waals surface area (Å²) < 4.78 is 6.00. The monoisotopic (exact) mass is 347 g/mol. The number of hydrogen-bond donors (Lipinski definition) is 2. The molecular formula is C19H33N5O. The molecule has 6 nitrogen and oxygen atoms in total. The molecule has 1 aliphatic carbocycles. The number of ether oxygens (including phenoxy) is 1. The highest BCUT2D eigenvalue weighted by atomic mass is 16.5. The van der Waals surface area contributed by atoms with Crippen LogP contribution in [0.3, 0.4) is 0 Å². The Hall–Kier alpha value is -1.82. The van der Waals surface area contributed by atoms with Crippen LogP contribution in [-0.2, 0) is 11.3 Å². The summed E-state index contributed by atoms with van der Waals surface area (Å²) in [7, 11) is 5.78. The molecular weight excluding hydrogens is 314 g/mol. The summed E-state index contributed by atoms with van der Waals surface area (Å²) in [5.41, 5.74) is 1.18. The molecule has 2 N–H and O–H groups in total. The van der Waals surface area contributed by atoms with E-state index in [9.17, 15) is 0 Å². The van der Waals surface area contributed by atoms with Crippen molar-refractivity contribution in [3.05, 3.63) is 23.9 Å². The van der Waals surface area contributed by atoms with E-state index in [0.29, 0.717) is 12.6 Å². The van der Waals surface area contributed by atoms with Gasteiger partial charge in [-0.1, -0.05) is 25.7 Å². The van der Waals surface area contributed by atoms with Crippen LogP contribution >= 0.6 is 0 Å². The van der Waals surface area contributed by atoms with Gasteiger partial charge in [0.15, 0.2) is 5.96 Å². The molecule has 0 radical (unpaired) electrons. The van der Waals surface area contributed by atoms with Gasteiger partial charge in [0.2, 0.25) is 0 Å². The summed E-state index contributed by atoms with van der Waals surface area (Å²) in [6, 6.07) is 4.10. The molecule has 0 bridgehead atoms. The molecule has 0 aromatic carbocycles. The highest BCUT2D eigenvalue weighted by molar-refractivity contribution is 5.79. The Morgan fingerprint density at radius 2 is 2.00 bits per heavy atom. The number of aromatic nitrogens is 1. The second-order valence-electron chi connectivity index (χ2n) is 6.75. The molecule has 0 aliphatic heterocycles. The summed E-state index contributed by atoms with van der Waals surface area (Å²) in [6.07, 6.45) is 10.0. The topological polar surface area (TPSA) is 61.8 Å². The van der Waals surface area contributed by atoms with Gasteiger partial charge in [-0.3, -0.25) is 4.99 Å². The number of hydrogen-bond acceptors (Lipinski definition) is 4. The van der Waals surface area contributed by atoms with Crippen LogP contribution in [0, 0.1) is 0 Å². The van der Waals surface area contributed by atoms with Crippen LogP contribution in [0.15, 0.2) is 23.3 Å². The van der Waals surface area contributed by atoms with E-state index in [4.69, 9.17) is 4.74 Å². The van der Waals surface area contributed by atoms with E-state index in [2.05, 4.69) is 26.7 Å². The number of anilines is 1. The quantitative estimate of drug-likeness (QED) is 0.343. The fraction of sp³-hybridized carbons (Fsp3) is 0.684. The Balaban J connectivity index is 1.67. The fourth-order valence-corrected chi connectivity index (χ4v) is 3.03. The first-order valence-electron chi connectivity index (χ1n) is 9.37. The molecule has 2 rings (SSSR count). The zero-order valence-corrected chi connectivity index (χ0v) is 15.9. The van der Waals surface area contributed by atoms with Crippen LogP contribution in [0.5, 0.6) is 0 Å². The third-order valence-corrected chi connectivity index (χ3v) is 4.50. The third kappa shape index (κ3) is 7.30. The molecule has 0 amide bonds. The van der Waals surface area contributed by atoms with Gasteiger partial charge in [0.1, 0.15) is 5.82 Å². The van der Waals surface area contributed by atoms with Gasteiger partial charge in [-0.15, -0.1) is 0 Å². The first-order chi connectivity index (χ1) is 12.2. The lowest BCUT2D eigenvalue weighted by Crippen LogP contribution is -2.39. The van der Waals surface area contributed by atoms with Crippen molar-refractivity contribution in [1.82, 2.24) is 15.6 Å². The number of guanidine groups is 1. The molecule has 0 saturated heterocycles. The van der Waals surface area contributed by atoms with Gasteiger partial charge in [-0.2, -0.15) is 0 Å². The number of aliphatic imine (C=N–C) groups is 1. The summed E-state index contributed by atoms with van der Waals surface area (Å²) in [5, 5.41) is 6.66. The maximum Gasteiger partial charge on any atom is 0.191 e. The summed E-state index contributed by atoms with van der Waals surface area (Å²) in [5.74, 6) is 1.76. The molecule has 0 unspecified atom stereocenters. The van der Waals surface area contributed by atoms with Crippen LogP contribution < -0.4 is 15.5 Å². The van der Waals surface area contributed by atoms with Gasteiger partial charge < -0.3 is 20.3 Å². The summed E-state index contributed by atoms with van der Waals surface area (Å²) in [4.78, 5) is 10.6. The van der Waals surface area contributed by atoms with Gasteiger partial charge in [-0.05, 0) is 30.5 Å². The Bertz CT molecular complexity index is 524. The predicted molar refractivity (Wildman–Crippen MR) is 104 cm³/mol. The molecule has 1 aliphatic rings. The molecule has 1 fully saturated rings. The van der Waals surface area contributed by atoms with Gasteiger partial charge in [-0.25, -0.2) is 4.98 Å². The van der Waals surface area contributed by atoms with E-state index < -0.39 is 0 Å². The Morgan fingerprint density at radius 1 is 1.24 bits per heavy atom. The predicted octanol–water partition coefficient (Wildman–Crippen LogP) is 2.55. The normalized spacial score (nSPS) is 16.4. The van der Waals surface area contributed by atoms with Crippen LogP contribution in [-0.4, -0.2) is 51.3 Å². The molecule has 140 valence electrons. The van der Waals surface area contributed by atoms with E-state index in [1.807, 2.05) is 31.3 Å². The number of nitrogens with zero attached hydrogens (tertiary/aromatic N) is 3. The molecule has 1 saturated carbocycles.